The van der Waals surface area contributed by atoms with Crippen molar-refractivity contribution in [2.45, 2.75) is 12.8 Å². The van der Waals surface area contributed by atoms with Gasteiger partial charge in [-0.25, -0.2) is 4.98 Å². The lowest BCUT2D eigenvalue weighted by Gasteiger charge is -2.02. The Kier molecular flexibility index (Phi) is 3.85. The van der Waals surface area contributed by atoms with E-state index in [1.807, 2.05) is 18.2 Å². The molecule has 0 atom stereocenters. The molecule has 1 heterocycles. The van der Waals surface area contributed by atoms with Crippen LogP contribution < -0.4 is 5.32 Å². The molecule has 2 aromatic rings. The maximum absolute atomic E-state index is 11.5. The molecular formula is C12H14N4O. The molecule has 1 aromatic carbocycles. The molecule has 5 nitrogen and oxygen atoms in total. The smallest absolute Gasteiger partial charge is 0.290 e. The summed E-state index contributed by atoms with van der Waals surface area (Å²) < 4.78 is 0. The van der Waals surface area contributed by atoms with E-state index in [9.17, 15) is 4.79 Å². The number of rotatable bonds is 5. The lowest BCUT2D eigenvalue weighted by atomic mass is 10.1. The van der Waals surface area contributed by atoms with Crippen molar-refractivity contribution < 1.29 is 4.79 Å². The van der Waals surface area contributed by atoms with E-state index in [0.29, 0.717) is 6.54 Å². The van der Waals surface area contributed by atoms with E-state index >= 15 is 0 Å². The summed E-state index contributed by atoms with van der Waals surface area (Å²) in [7, 11) is 0. The summed E-state index contributed by atoms with van der Waals surface area (Å²) in [6.45, 7) is 0.627. The van der Waals surface area contributed by atoms with Crippen molar-refractivity contribution in [3.8, 4) is 0 Å². The average molecular weight is 230 g/mol. The highest BCUT2D eigenvalue weighted by Crippen LogP contribution is 2.01. The molecule has 0 aliphatic heterocycles. The number of hydrogen-bond acceptors (Lipinski definition) is 3. The maximum atomic E-state index is 11.5. The highest BCUT2D eigenvalue weighted by atomic mass is 16.2. The van der Waals surface area contributed by atoms with E-state index in [2.05, 4.69) is 32.6 Å². The molecule has 2 N–H and O–H groups in total. The fraction of sp³-hybridized carbons (Fsp3) is 0.250. The van der Waals surface area contributed by atoms with Crippen LogP contribution in [0.5, 0.6) is 0 Å². The van der Waals surface area contributed by atoms with Gasteiger partial charge < -0.3 is 5.32 Å². The van der Waals surface area contributed by atoms with Gasteiger partial charge in [-0.05, 0) is 18.4 Å². The number of aryl methyl sites for hydroxylation is 1. The number of amides is 1. The molecule has 0 bridgehead atoms. The van der Waals surface area contributed by atoms with Gasteiger partial charge in [-0.2, -0.15) is 0 Å². The van der Waals surface area contributed by atoms with Crippen molar-refractivity contribution in [2.24, 2.45) is 0 Å². The molecule has 0 aliphatic carbocycles. The first-order chi connectivity index (χ1) is 8.36. The van der Waals surface area contributed by atoms with Crippen molar-refractivity contribution in [3.05, 3.63) is 48.0 Å². The summed E-state index contributed by atoms with van der Waals surface area (Å²) in [5, 5.41) is 8.98. The lowest BCUT2D eigenvalue weighted by Crippen LogP contribution is -2.25. The highest BCUT2D eigenvalue weighted by molar-refractivity contribution is 5.90. The Morgan fingerprint density at radius 1 is 1.29 bits per heavy atom. The van der Waals surface area contributed by atoms with Crippen LogP contribution >= 0.6 is 0 Å². The van der Waals surface area contributed by atoms with Crippen LogP contribution in [-0.4, -0.2) is 27.6 Å². The summed E-state index contributed by atoms with van der Waals surface area (Å²) in [6.07, 6.45) is 3.24. The molecule has 5 heteroatoms. The van der Waals surface area contributed by atoms with E-state index in [-0.39, 0.29) is 11.7 Å². The summed E-state index contributed by atoms with van der Waals surface area (Å²) in [5.74, 6) is -0.0518. The summed E-state index contributed by atoms with van der Waals surface area (Å²) in [5.41, 5.74) is 1.28. The van der Waals surface area contributed by atoms with Crippen LogP contribution in [0.2, 0.25) is 0 Å². The first-order valence-corrected chi connectivity index (χ1v) is 5.54. The first kappa shape index (κ1) is 11.3. The van der Waals surface area contributed by atoms with Gasteiger partial charge in [0.25, 0.3) is 5.91 Å². The van der Waals surface area contributed by atoms with E-state index in [0.717, 1.165) is 12.8 Å². The Labute approximate surface area is 99.3 Å². The normalized spacial score (nSPS) is 10.1. The van der Waals surface area contributed by atoms with E-state index in [4.69, 9.17) is 0 Å². The zero-order valence-electron chi connectivity index (χ0n) is 9.39. The molecule has 0 saturated heterocycles. The minimum absolute atomic E-state index is 0.185. The predicted octanol–water partition coefficient (Wildman–Crippen LogP) is 1.17. The minimum atomic E-state index is -0.237. The van der Waals surface area contributed by atoms with Gasteiger partial charge in [0.05, 0.1) is 0 Å². The van der Waals surface area contributed by atoms with Crippen LogP contribution in [-0.2, 0) is 6.42 Å². The number of carbonyl (C=O) groups is 1. The highest BCUT2D eigenvalue weighted by Gasteiger charge is 2.07. The molecular weight excluding hydrogens is 216 g/mol. The third-order valence-corrected chi connectivity index (χ3v) is 2.39. The Bertz CT molecular complexity index is 453. The second kappa shape index (κ2) is 5.79. The molecule has 0 aliphatic rings. The van der Waals surface area contributed by atoms with Crippen molar-refractivity contribution in [3.63, 3.8) is 0 Å². The van der Waals surface area contributed by atoms with Crippen LogP contribution in [0, 0.1) is 0 Å². The van der Waals surface area contributed by atoms with Crippen LogP contribution in [0.1, 0.15) is 22.6 Å². The Hall–Kier alpha value is -2.17. The van der Waals surface area contributed by atoms with Crippen molar-refractivity contribution in [2.75, 3.05) is 6.54 Å². The molecule has 0 spiro atoms. The zero-order chi connectivity index (χ0) is 11.9. The van der Waals surface area contributed by atoms with Gasteiger partial charge in [-0.1, -0.05) is 30.3 Å². The molecule has 0 unspecified atom stereocenters. The quantitative estimate of drug-likeness (QED) is 0.757. The van der Waals surface area contributed by atoms with Gasteiger partial charge in [0.2, 0.25) is 5.82 Å². The monoisotopic (exact) mass is 230 g/mol. The largest absolute Gasteiger partial charge is 0.349 e. The van der Waals surface area contributed by atoms with E-state index < -0.39 is 0 Å². The SMILES string of the molecule is O=C(NCCCc1ccccc1)c1nc[nH]n1. The number of hydrogen-bond donors (Lipinski definition) is 2. The van der Waals surface area contributed by atoms with E-state index in [1.165, 1.54) is 11.9 Å². The van der Waals surface area contributed by atoms with Gasteiger partial charge in [0, 0.05) is 6.54 Å². The maximum Gasteiger partial charge on any atom is 0.290 e. The minimum Gasteiger partial charge on any atom is -0.349 e. The number of nitrogens with one attached hydrogen (secondary N) is 2. The summed E-state index contributed by atoms with van der Waals surface area (Å²) in [6, 6.07) is 10.2. The predicted molar refractivity (Wildman–Crippen MR) is 63.5 cm³/mol. The molecule has 1 aromatic heterocycles. The fourth-order valence-electron chi connectivity index (χ4n) is 1.54. The van der Waals surface area contributed by atoms with Crippen molar-refractivity contribution >= 4 is 5.91 Å². The Balaban J connectivity index is 1.69. The number of aromatic amines is 1. The van der Waals surface area contributed by atoms with Crippen LogP contribution in [0.4, 0.5) is 0 Å². The number of carbonyl (C=O) groups excluding carboxylic acids is 1. The zero-order valence-corrected chi connectivity index (χ0v) is 9.39. The number of benzene rings is 1. The van der Waals surface area contributed by atoms with E-state index in [1.54, 1.807) is 0 Å². The molecule has 0 saturated carbocycles. The molecule has 0 fully saturated rings. The fourth-order valence-corrected chi connectivity index (χ4v) is 1.54. The van der Waals surface area contributed by atoms with Crippen LogP contribution in [0.15, 0.2) is 36.7 Å². The second-order valence-corrected chi connectivity index (χ2v) is 3.67. The second-order valence-electron chi connectivity index (χ2n) is 3.67. The third-order valence-electron chi connectivity index (χ3n) is 2.39. The first-order valence-electron chi connectivity index (χ1n) is 5.54. The van der Waals surface area contributed by atoms with Crippen LogP contribution in [0.3, 0.4) is 0 Å². The molecule has 17 heavy (non-hydrogen) atoms. The molecule has 0 radical (unpaired) electrons. The molecule has 2 rings (SSSR count). The Morgan fingerprint density at radius 2 is 2.12 bits per heavy atom. The summed E-state index contributed by atoms with van der Waals surface area (Å²) >= 11 is 0. The number of H-pyrrole nitrogens is 1. The van der Waals surface area contributed by atoms with Gasteiger partial charge in [0.1, 0.15) is 6.33 Å². The van der Waals surface area contributed by atoms with Crippen LogP contribution in [0.25, 0.3) is 0 Å². The van der Waals surface area contributed by atoms with Crippen molar-refractivity contribution in [1.82, 2.24) is 20.5 Å². The number of nitrogens with zero attached hydrogens (tertiary/aromatic N) is 2. The van der Waals surface area contributed by atoms with Gasteiger partial charge in [0.15, 0.2) is 0 Å². The average Bonchev–Trinajstić information content (AvgIpc) is 2.89. The molecule has 1 amide bonds. The number of aromatic nitrogens is 3. The molecule has 88 valence electrons. The van der Waals surface area contributed by atoms with Gasteiger partial charge in [-0.15, -0.1) is 5.10 Å². The van der Waals surface area contributed by atoms with Gasteiger partial charge in [-0.3, -0.25) is 9.89 Å². The third kappa shape index (κ3) is 3.41. The standard InChI is InChI=1S/C12H14N4O/c17-12(11-14-9-15-16-11)13-8-4-7-10-5-2-1-3-6-10/h1-3,5-6,9H,4,7-8H2,(H,13,17)(H,14,15,16). The topological polar surface area (TPSA) is 70.7 Å². The summed E-state index contributed by atoms with van der Waals surface area (Å²) in [4.78, 5) is 15.2. The van der Waals surface area contributed by atoms with Crippen molar-refractivity contribution in [1.29, 1.82) is 0 Å². The lowest BCUT2D eigenvalue weighted by molar-refractivity contribution is 0.0943. The van der Waals surface area contributed by atoms with Gasteiger partial charge >= 0.3 is 0 Å². The Morgan fingerprint density at radius 3 is 2.82 bits per heavy atom.